The zero-order valence-electron chi connectivity index (χ0n) is 18.8. The van der Waals surface area contributed by atoms with E-state index in [1.807, 2.05) is 31.2 Å². The Morgan fingerprint density at radius 2 is 2.00 bits per heavy atom. The van der Waals surface area contributed by atoms with E-state index in [9.17, 15) is 9.59 Å². The van der Waals surface area contributed by atoms with Gasteiger partial charge in [-0.05, 0) is 37.0 Å². The molecule has 6 nitrogen and oxygen atoms in total. The first-order valence-electron chi connectivity index (χ1n) is 11.4. The molecule has 1 aliphatic rings. The molecule has 1 heterocycles. The minimum absolute atomic E-state index is 0.172. The molecular formula is C24H33ClN4O2S. The highest BCUT2D eigenvalue weighted by Gasteiger charge is 2.25. The normalized spacial score (nSPS) is 16.4. The topological polar surface area (TPSA) is 97.1 Å². The number of carbonyl (C=O) groups is 2. The largest absolute Gasteiger partial charge is 0.344 e. The van der Waals surface area contributed by atoms with Gasteiger partial charge in [-0.2, -0.15) is 0 Å². The Balaban J connectivity index is 1.69. The molecule has 8 heteroatoms. The van der Waals surface area contributed by atoms with Gasteiger partial charge in [-0.3, -0.25) is 9.59 Å². The molecule has 2 aromatic rings. The van der Waals surface area contributed by atoms with Gasteiger partial charge < -0.3 is 16.4 Å². The second-order valence-electron chi connectivity index (χ2n) is 8.57. The molecule has 1 aliphatic carbocycles. The number of hydrogen-bond acceptors (Lipinski definition) is 5. The van der Waals surface area contributed by atoms with Crippen molar-refractivity contribution >= 4 is 34.8 Å². The third-order valence-corrected chi connectivity index (χ3v) is 7.38. The van der Waals surface area contributed by atoms with Gasteiger partial charge >= 0.3 is 0 Å². The van der Waals surface area contributed by atoms with Crippen molar-refractivity contribution in [3.05, 3.63) is 40.0 Å². The number of carbonyl (C=O) groups excluding carboxylic acids is 2. The van der Waals surface area contributed by atoms with Gasteiger partial charge in [0.1, 0.15) is 6.04 Å². The van der Waals surface area contributed by atoms with Crippen molar-refractivity contribution in [3.63, 3.8) is 0 Å². The lowest BCUT2D eigenvalue weighted by Crippen LogP contribution is -2.53. The van der Waals surface area contributed by atoms with E-state index < -0.39 is 12.2 Å². The quantitative estimate of drug-likeness (QED) is 0.461. The predicted octanol–water partition coefficient (Wildman–Crippen LogP) is 4.58. The number of aromatic nitrogens is 1. The Kier molecular flexibility index (Phi) is 9.08. The highest BCUT2D eigenvalue weighted by atomic mass is 35.5. The lowest BCUT2D eigenvalue weighted by atomic mass is 9.86. The lowest BCUT2D eigenvalue weighted by Gasteiger charge is -2.26. The van der Waals surface area contributed by atoms with E-state index in [2.05, 4.69) is 15.6 Å². The molecule has 3 rings (SSSR count). The minimum Gasteiger partial charge on any atom is -0.344 e. The number of nitrogens with zero attached hydrogens (tertiary/aromatic N) is 1. The number of nitrogens with one attached hydrogen (secondary N) is 2. The second-order valence-corrected chi connectivity index (χ2v) is 10.1. The molecule has 1 fully saturated rings. The van der Waals surface area contributed by atoms with Crippen LogP contribution in [0.15, 0.2) is 24.3 Å². The number of amides is 2. The molecule has 2 atom stereocenters. The molecule has 2 amide bonds. The predicted molar refractivity (Wildman–Crippen MR) is 131 cm³/mol. The summed E-state index contributed by atoms with van der Waals surface area (Å²) in [6.45, 7) is 3.71. The van der Waals surface area contributed by atoms with Crippen molar-refractivity contribution in [3.8, 4) is 10.4 Å². The zero-order valence-corrected chi connectivity index (χ0v) is 20.4. The molecule has 1 aromatic carbocycles. The van der Waals surface area contributed by atoms with Crippen LogP contribution in [0.4, 0.5) is 0 Å². The van der Waals surface area contributed by atoms with Gasteiger partial charge in [0.05, 0.1) is 21.7 Å². The van der Waals surface area contributed by atoms with Crippen LogP contribution in [0.1, 0.15) is 62.6 Å². The van der Waals surface area contributed by atoms with Gasteiger partial charge in [0.2, 0.25) is 11.8 Å². The zero-order chi connectivity index (χ0) is 23.1. The molecule has 0 radical (unpaired) electrons. The molecular weight excluding hydrogens is 444 g/mol. The molecule has 0 spiro atoms. The Hall–Kier alpha value is -1.96. The third kappa shape index (κ3) is 7.02. The summed E-state index contributed by atoms with van der Waals surface area (Å²) in [6, 6.07) is 6.92. The van der Waals surface area contributed by atoms with Crippen LogP contribution in [0.3, 0.4) is 0 Å². The van der Waals surface area contributed by atoms with Crippen LogP contribution in [0, 0.1) is 12.8 Å². The Bertz CT molecular complexity index is 926. The maximum absolute atomic E-state index is 13.0. The average molecular weight is 477 g/mol. The van der Waals surface area contributed by atoms with Crippen molar-refractivity contribution in [2.45, 2.75) is 77.4 Å². The van der Waals surface area contributed by atoms with E-state index >= 15 is 0 Å². The lowest BCUT2D eigenvalue weighted by molar-refractivity contribution is -0.129. The summed E-state index contributed by atoms with van der Waals surface area (Å²) in [6.07, 6.45) is 7.09. The summed E-state index contributed by atoms with van der Waals surface area (Å²) < 4.78 is 0. The summed E-state index contributed by atoms with van der Waals surface area (Å²) in [5.74, 6) is 0.131. The fourth-order valence-electron chi connectivity index (χ4n) is 4.24. The van der Waals surface area contributed by atoms with Crippen LogP contribution in [-0.2, 0) is 16.0 Å². The van der Waals surface area contributed by atoms with E-state index in [0.717, 1.165) is 27.6 Å². The van der Waals surface area contributed by atoms with Gasteiger partial charge in [0.25, 0.3) is 0 Å². The molecule has 32 heavy (non-hydrogen) atoms. The van der Waals surface area contributed by atoms with Crippen LogP contribution in [0.2, 0.25) is 5.02 Å². The first kappa shape index (κ1) is 24.7. The monoisotopic (exact) mass is 476 g/mol. The summed E-state index contributed by atoms with van der Waals surface area (Å²) >= 11 is 7.66. The number of hydrogen-bond donors (Lipinski definition) is 3. The van der Waals surface area contributed by atoms with E-state index in [1.54, 1.807) is 6.92 Å². The van der Waals surface area contributed by atoms with E-state index in [-0.39, 0.29) is 11.8 Å². The average Bonchev–Trinajstić information content (AvgIpc) is 3.13. The van der Waals surface area contributed by atoms with Gasteiger partial charge in [0.15, 0.2) is 0 Å². The Morgan fingerprint density at radius 3 is 2.69 bits per heavy atom. The number of rotatable bonds is 9. The maximum Gasteiger partial charge on any atom is 0.244 e. The molecule has 0 bridgehead atoms. The summed E-state index contributed by atoms with van der Waals surface area (Å²) in [4.78, 5) is 30.8. The molecule has 0 unspecified atom stereocenters. The Labute approximate surface area is 199 Å². The SMILES string of the molecule is CCC(=O)N[C@@H](Cc1nc(C)c(-c2cccc(Cl)c2)s1)C(=O)N[C@H](N)CC1CCCCC1. The standard InChI is InChI=1S/C24H33ClN4O2S/c1-3-21(30)28-19(24(31)29-20(26)12-16-8-5-4-6-9-16)14-22-27-15(2)23(32-22)17-10-7-11-18(25)13-17/h7,10-11,13,16,19-20H,3-6,8-9,12,14,26H2,1-2H3,(H,28,30)(H,29,31)/t19-,20-/m0/s1. The Morgan fingerprint density at radius 1 is 1.25 bits per heavy atom. The van der Waals surface area contributed by atoms with Gasteiger partial charge in [-0.25, -0.2) is 4.98 Å². The fraction of sp³-hybridized carbons (Fsp3) is 0.542. The molecule has 4 N–H and O–H groups in total. The first-order valence-corrected chi connectivity index (χ1v) is 12.6. The molecule has 1 aromatic heterocycles. The maximum atomic E-state index is 13.0. The van der Waals surface area contributed by atoms with Crippen LogP contribution in [-0.4, -0.2) is 29.0 Å². The first-order chi connectivity index (χ1) is 15.4. The van der Waals surface area contributed by atoms with E-state index in [0.29, 0.717) is 23.8 Å². The summed E-state index contributed by atoms with van der Waals surface area (Å²) in [5.41, 5.74) is 8.12. The fourth-order valence-corrected chi connectivity index (χ4v) is 5.54. The van der Waals surface area contributed by atoms with Gasteiger partial charge in [-0.1, -0.05) is 62.8 Å². The van der Waals surface area contributed by atoms with Crippen molar-refractivity contribution in [2.75, 3.05) is 0 Å². The molecule has 0 aliphatic heterocycles. The summed E-state index contributed by atoms with van der Waals surface area (Å²) in [5, 5.41) is 7.21. The van der Waals surface area contributed by atoms with Crippen molar-refractivity contribution in [1.82, 2.24) is 15.6 Å². The van der Waals surface area contributed by atoms with Crippen molar-refractivity contribution < 1.29 is 9.59 Å². The van der Waals surface area contributed by atoms with Crippen LogP contribution < -0.4 is 16.4 Å². The number of halogens is 1. The molecule has 174 valence electrons. The van der Waals surface area contributed by atoms with Crippen LogP contribution >= 0.6 is 22.9 Å². The van der Waals surface area contributed by atoms with E-state index in [4.69, 9.17) is 17.3 Å². The number of aryl methyl sites for hydroxylation is 1. The third-order valence-electron chi connectivity index (χ3n) is 5.92. The number of benzene rings is 1. The van der Waals surface area contributed by atoms with Crippen LogP contribution in [0.25, 0.3) is 10.4 Å². The highest BCUT2D eigenvalue weighted by molar-refractivity contribution is 7.15. The number of thiazole rings is 1. The second kappa shape index (κ2) is 11.8. The van der Waals surface area contributed by atoms with Gasteiger partial charge in [0, 0.05) is 17.9 Å². The van der Waals surface area contributed by atoms with E-state index in [1.165, 1.54) is 43.4 Å². The number of nitrogens with two attached hydrogens (primary N) is 1. The smallest absolute Gasteiger partial charge is 0.244 e. The van der Waals surface area contributed by atoms with Crippen molar-refractivity contribution in [2.24, 2.45) is 11.7 Å². The van der Waals surface area contributed by atoms with Crippen molar-refractivity contribution in [1.29, 1.82) is 0 Å². The summed E-state index contributed by atoms with van der Waals surface area (Å²) in [7, 11) is 0. The molecule has 1 saturated carbocycles. The van der Waals surface area contributed by atoms with Crippen LogP contribution in [0.5, 0.6) is 0 Å². The van der Waals surface area contributed by atoms with Gasteiger partial charge in [-0.15, -0.1) is 11.3 Å². The highest BCUT2D eigenvalue weighted by Crippen LogP contribution is 2.32. The molecule has 0 saturated heterocycles. The minimum atomic E-state index is -0.711.